The summed E-state index contributed by atoms with van der Waals surface area (Å²) in [5.41, 5.74) is 1.29. The van der Waals surface area contributed by atoms with Crippen LogP contribution in [-0.4, -0.2) is 23.4 Å². The highest BCUT2D eigenvalue weighted by Gasteiger charge is 2.20. The van der Waals surface area contributed by atoms with E-state index in [2.05, 4.69) is 29.3 Å². The van der Waals surface area contributed by atoms with Crippen LogP contribution in [0, 0.1) is 11.3 Å². The highest BCUT2D eigenvalue weighted by Crippen LogP contribution is 2.15. The Morgan fingerprint density at radius 1 is 1.36 bits per heavy atom. The van der Waals surface area contributed by atoms with Crippen LogP contribution in [0.15, 0.2) is 41.8 Å². The number of thiophene rings is 1. The first kappa shape index (κ1) is 16.2. The molecule has 0 saturated heterocycles. The van der Waals surface area contributed by atoms with E-state index >= 15 is 0 Å². The molecule has 0 aliphatic rings. The molecule has 1 heterocycles. The lowest BCUT2D eigenvalue weighted by atomic mass is 10.2. The van der Waals surface area contributed by atoms with Gasteiger partial charge in [-0.25, -0.2) is 0 Å². The molecular formula is C17H19N3OS. The molecule has 0 aliphatic carbocycles. The van der Waals surface area contributed by atoms with Gasteiger partial charge in [0.05, 0.1) is 17.7 Å². The van der Waals surface area contributed by atoms with Crippen molar-refractivity contribution in [3.8, 4) is 6.07 Å². The standard InChI is InChI=1S/C17H19N3OS/c1-3-20(12-16-5-4-10-22-16)13(2)17(21)19-15-8-6-14(11-18)7-9-15/h4-10,13H,3,12H2,1-2H3,(H,19,21)/t13-/m0/s1. The van der Waals surface area contributed by atoms with Crippen molar-refractivity contribution in [1.82, 2.24) is 4.90 Å². The van der Waals surface area contributed by atoms with Gasteiger partial charge in [0, 0.05) is 17.1 Å². The van der Waals surface area contributed by atoms with Gasteiger partial charge in [0.1, 0.15) is 0 Å². The number of amides is 1. The Hall–Kier alpha value is -2.16. The van der Waals surface area contributed by atoms with Crippen molar-refractivity contribution < 1.29 is 4.79 Å². The Morgan fingerprint density at radius 2 is 2.09 bits per heavy atom. The average Bonchev–Trinajstić information content (AvgIpc) is 3.05. The van der Waals surface area contributed by atoms with Crippen LogP contribution < -0.4 is 5.32 Å². The third-order valence-corrected chi connectivity index (χ3v) is 4.42. The van der Waals surface area contributed by atoms with Crippen molar-refractivity contribution in [3.63, 3.8) is 0 Å². The second-order valence-electron chi connectivity index (χ2n) is 5.00. The summed E-state index contributed by atoms with van der Waals surface area (Å²) in [7, 11) is 0. The van der Waals surface area contributed by atoms with Gasteiger partial charge in [0.2, 0.25) is 5.91 Å². The number of likely N-dealkylation sites (N-methyl/N-ethyl adjacent to an activating group) is 1. The van der Waals surface area contributed by atoms with Crippen LogP contribution in [-0.2, 0) is 11.3 Å². The van der Waals surface area contributed by atoms with Crippen LogP contribution in [0.5, 0.6) is 0 Å². The number of hydrogen-bond acceptors (Lipinski definition) is 4. The summed E-state index contributed by atoms with van der Waals surface area (Å²) in [6.07, 6.45) is 0. The van der Waals surface area contributed by atoms with E-state index in [1.807, 2.05) is 18.4 Å². The number of benzene rings is 1. The van der Waals surface area contributed by atoms with Gasteiger partial charge < -0.3 is 5.32 Å². The third kappa shape index (κ3) is 4.17. The van der Waals surface area contributed by atoms with Gasteiger partial charge in [-0.3, -0.25) is 9.69 Å². The summed E-state index contributed by atoms with van der Waals surface area (Å²) in [6.45, 7) is 5.55. The Bertz CT molecular complexity index is 644. The van der Waals surface area contributed by atoms with E-state index in [9.17, 15) is 4.79 Å². The number of carbonyl (C=O) groups excluding carboxylic acids is 1. The molecule has 0 saturated carbocycles. The summed E-state index contributed by atoms with van der Waals surface area (Å²) in [6, 6.07) is 12.8. The van der Waals surface area contributed by atoms with E-state index in [1.54, 1.807) is 35.6 Å². The first-order valence-electron chi connectivity index (χ1n) is 7.21. The molecule has 0 aliphatic heterocycles. The van der Waals surface area contributed by atoms with Crippen LogP contribution in [0.2, 0.25) is 0 Å². The fourth-order valence-corrected chi connectivity index (χ4v) is 2.90. The van der Waals surface area contributed by atoms with E-state index in [-0.39, 0.29) is 11.9 Å². The number of rotatable bonds is 6. The number of carbonyl (C=O) groups is 1. The number of hydrogen-bond donors (Lipinski definition) is 1. The number of nitrogens with zero attached hydrogens (tertiary/aromatic N) is 2. The van der Waals surface area contributed by atoms with Crippen LogP contribution >= 0.6 is 11.3 Å². The Balaban J connectivity index is 1.98. The minimum absolute atomic E-state index is 0.0388. The van der Waals surface area contributed by atoms with Gasteiger partial charge in [-0.15, -0.1) is 11.3 Å². The van der Waals surface area contributed by atoms with Crippen LogP contribution in [0.25, 0.3) is 0 Å². The van der Waals surface area contributed by atoms with Crippen molar-refractivity contribution in [2.75, 3.05) is 11.9 Å². The summed E-state index contributed by atoms with van der Waals surface area (Å²) in [5, 5.41) is 13.7. The molecule has 0 bridgehead atoms. The van der Waals surface area contributed by atoms with Crippen LogP contribution in [0.1, 0.15) is 24.3 Å². The highest BCUT2D eigenvalue weighted by molar-refractivity contribution is 7.09. The molecule has 2 aromatic rings. The molecule has 1 N–H and O–H groups in total. The smallest absolute Gasteiger partial charge is 0.241 e. The molecule has 1 aromatic heterocycles. The quantitative estimate of drug-likeness (QED) is 0.888. The minimum atomic E-state index is -0.220. The Morgan fingerprint density at radius 3 is 2.64 bits per heavy atom. The molecule has 1 aromatic carbocycles. The Kier molecular flexibility index (Phi) is 5.70. The maximum Gasteiger partial charge on any atom is 0.241 e. The van der Waals surface area contributed by atoms with E-state index in [0.717, 1.165) is 13.1 Å². The SMILES string of the molecule is CCN(Cc1cccs1)[C@@H](C)C(=O)Nc1ccc(C#N)cc1. The lowest BCUT2D eigenvalue weighted by Gasteiger charge is -2.26. The molecule has 0 unspecified atom stereocenters. The van der Waals surface area contributed by atoms with E-state index in [4.69, 9.17) is 5.26 Å². The predicted octanol–water partition coefficient (Wildman–Crippen LogP) is 3.47. The first-order valence-corrected chi connectivity index (χ1v) is 8.09. The first-order chi connectivity index (χ1) is 10.6. The molecule has 22 heavy (non-hydrogen) atoms. The summed E-state index contributed by atoms with van der Waals surface area (Å²) < 4.78 is 0. The molecule has 4 nitrogen and oxygen atoms in total. The van der Waals surface area contributed by atoms with Crippen LogP contribution in [0.4, 0.5) is 5.69 Å². The molecule has 0 fully saturated rings. The summed E-state index contributed by atoms with van der Waals surface area (Å²) in [4.78, 5) is 15.8. The minimum Gasteiger partial charge on any atom is -0.325 e. The third-order valence-electron chi connectivity index (χ3n) is 3.55. The Labute approximate surface area is 135 Å². The maximum absolute atomic E-state index is 12.4. The van der Waals surface area contributed by atoms with Gasteiger partial charge in [-0.05, 0) is 49.2 Å². The summed E-state index contributed by atoms with van der Waals surface area (Å²) >= 11 is 1.70. The van der Waals surface area contributed by atoms with Crippen molar-refractivity contribution in [1.29, 1.82) is 5.26 Å². The fourth-order valence-electron chi connectivity index (χ4n) is 2.17. The predicted molar refractivity (Wildman–Crippen MR) is 89.7 cm³/mol. The molecular weight excluding hydrogens is 294 g/mol. The fraction of sp³-hybridized carbons (Fsp3) is 0.294. The lowest BCUT2D eigenvalue weighted by molar-refractivity contribution is -0.120. The zero-order valence-corrected chi connectivity index (χ0v) is 13.6. The van der Waals surface area contributed by atoms with Crippen molar-refractivity contribution in [2.24, 2.45) is 0 Å². The average molecular weight is 313 g/mol. The summed E-state index contributed by atoms with van der Waals surface area (Å²) in [5.74, 6) is -0.0388. The van der Waals surface area contributed by atoms with E-state index in [0.29, 0.717) is 11.3 Å². The lowest BCUT2D eigenvalue weighted by Crippen LogP contribution is -2.41. The maximum atomic E-state index is 12.4. The molecule has 1 atom stereocenters. The molecule has 5 heteroatoms. The number of nitrogens with one attached hydrogen (secondary N) is 1. The monoisotopic (exact) mass is 313 g/mol. The normalized spacial score (nSPS) is 11.9. The van der Waals surface area contributed by atoms with E-state index < -0.39 is 0 Å². The van der Waals surface area contributed by atoms with Gasteiger partial charge in [-0.2, -0.15) is 5.26 Å². The zero-order chi connectivity index (χ0) is 15.9. The number of nitriles is 1. The topological polar surface area (TPSA) is 56.1 Å². The van der Waals surface area contributed by atoms with Crippen molar-refractivity contribution in [2.45, 2.75) is 26.4 Å². The largest absolute Gasteiger partial charge is 0.325 e. The second kappa shape index (κ2) is 7.74. The molecule has 0 spiro atoms. The van der Waals surface area contributed by atoms with Gasteiger partial charge >= 0.3 is 0 Å². The second-order valence-corrected chi connectivity index (χ2v) is 6.03. The molecule has 114 valence electrons. The molecule has 2 rings (SSSR count). The van der Waals surface area contributed by atoms with Gasteiger partial charge in [-0.1, -0.05) is 13.0 Å². The number of anilines is 1. The van der Waals surface area contributed by atoms with Gasteiger partial charge in [0.15, 0.2) is 0 Å². The van der Waals surface area contributed by atoms with Gasteiger partial charge in [0.25, 0.3) is 0 Å². The van der Waals surface area contributed by atoms with E-state index in [1.165, 1.54) is 4.88 Å². The zero-order valence-electron chi connectivity index (χ0n) is 12.7. The molecule has 0 radical (unpaired) electrons. The molecule has 1 amide bonds. The van der Waals surface area contributed by atoms with Crippen molar-refractivity contribution >= 4 is 22.9 Å². The highest BCUT2D eigenvalue weighted by atomic mass is 32.1. The van der Waals surface area contributed by atoms with Crippen molar-refractivity contribution in [3.05, 3.63) is 52.2 Å². The van der Waals surface area contributed by atoms with Crippen LogP contribution in [0.3, 0.4) is 0 Å².